The van der Waals surface area contributed by atoms with Crippen molar-refractivity contribution >= 4 is 18.3 Å². The van der Waals surface area contributed by atoms with Crippen LogP contribution in [-0.4, -0.2) is 18.0 Å². The summed E-state index contributed by atoms with van der Waals surface area (Å²) < 4.78 is 21.7. The van der Waals surface area contributed by atoms with Gasteiger partial charge < -0.3 is 9.30 Å². The monoisotopic (exact) mass is 443 g/mol. The second-order valence-electron chi connectivity index (χ2n) is 9.64. The number of hydrogen-bond donors (Lipinski definition) is 0. The lowest BCUT2D eigenvalue weighted by atomic mass is 9.89. The summed E-state index contributed by atoms with van der Waals surface area (Å²) in [6.45, 7) is 4.76. The Morgan fingerprint density at radius 3 is 2.09 bits per heavy atom. The molecule has 4 heteroatoms. The van der Waals surface area contributed by atoms with Crippen LogP contribution in [0.4, 0.5) is 0 Å². The first-order valence-corrected chi connectivity index (χ1v) is 13.2. The van der Waals surface area contributed by atoms with E-state index in [1.54, 1.807) is 0 Å². The fourth-order valence-electron chi connectivity index (χ4n) is 5.55. The summed E-state index contributed by atoms with van der Waals surface area (Å²) in [7, 11) is -2.97. The summed E-state index contributed by atoms with van der Waals surface area (Å²) in [6, 6.07) is 31.0. The van der Waals surface area contributed by atoms with Gasteiger partial charge in [0.05, 0.1) is 10.7 Å². The molecule has 2 aliphatic heterocycles. The van der Waals surface area contributed by atoms with Crippen molar-refractivity contribution in [2.45, 2.75) is 49.5 Å². The van der Waals surface area contributed by atoms with Crippen LogP contribution in [0, 0.1) is 0 Å². The number of aliphatic imine (C=N–C) groups is 1. The standard InChI is InChI=1S/C28H30NO2P/c1-27(2)21-31-26(29-27)20-28(23-14-8-4-9-15-23)19-18-25(22-12-6-3-7-13-22)32(28,30)24-16-10-5-11-17-24/h3-17,25H,18-21H2,1-2H3/t25-,28-,32?/m0/s1. The quantitative estimate of drug-likeness (QED) is 0.412. The van der Waals surface area contributed by atoms with Gasteiger partial charge in [-0.15, -0.1) is 0 Å². The summed E-state index contributed by atoms with van der Waals surface area (Å²) in [4.78, 5) is 4.88. The molecule has 2 heterocycles. The molecule has 1 saturated heterocycles. The van der Waals surface area contributed by atoms with Crippen LogP contribution in [0.5, 0.6) is 0 Å². The highest BCUT2D eigenvalue weighted by molar-refractivity contribution is 7.73. The first-order valence-electron chi connectivity index (χ1n) is 11.4. The van der Waals surface area contributed by atoms with Crippen LogP contribution >= 0.6 is 7.14 Å². The average molecular weight is 444 g/mol. The van der Waals surface area contributed by atoms with Crippen LogP contribution < -0.4 is 5.30 Å². The maximum Gasteiger partial charge on any atom is 0.185 e. The van der Waals surface area contributed by atoms with E-state index >= 15 is 4.57 Å². The third-order valence-electron chi connectivity index (χ3n) is 7.00. The SMILES string of the molecule is CC1(C)COC(C[C@]2(c3ccccc3)CC[C@@H](c3ccccc3)P2(=O)c2ccccc2)=N1. The highest BCUT2D eigenvalue weighted by Crippen LogP contribution is 2.79. The van der Waals surface area contributed by atoms with Crippen molar-refractivity contribution < 1.29 is 9.30 Å². The van der Waals surface area contributed by atoms with Gasteiger partial charge in [0.2, 0.25) is 0 Å². The summed E-state index contributed by atoms with van der Waals surface area (Å²) in [5, 5.41) is 0.406. The minimum absolute atomic E-state index is 0.0266. The highest BCUT2D eigenvalue weighted by Gasteiger charge is 2.60. The van der Waals surface area contributed by atoms with Crippen LogP contribution in [0.3, 0.4) is 0 Å². The largest absolute Gasteiger partial charge is 0.478 e. The Hall–Kier alpha value is -2.64. The minimum Gasteiger partial charge on any atom is -0.478 e. The molecule has 5 rings (SSSR count). The van der Waals surface area contributed by atoms with E-state index in [1.165, 1.54) is 0 Å². The summed E-state index contributed by atoms with van der Waals surface area (Å²) in [6.07, 6.45) is 2.28. The third kappa shape index (κ3) is 3.44. The molecule has 32 heavy (non-hydrogen) atoms. The van der Waals surface area contributed by atoms with Crippen molar-refractivity contribution in [3.8, 4) is 0 Å². The van der Waals surface area contributed by atoms with Crippen LogP contribution in [0.1, 0.15) is 49.9 Å². The number of hydrogen-bond acceptors (Lipinski definition) is 3. The molecule has 0 saturated carbocycles. The van der Waals surface area contributed by atoms with E-state index in [0.29, 0.717) is 13.0 Å². The molecule has 0 bridgehead atoms. The molecule has 0 radical (unpaired) electrons. The van der Waals surface area contributed by atoms with E-state index in [0.717, 1.165) is 35.2 Å². The van der Waals surface area contributed by atoms with E-state index in [2.05, 4.69) is 74.5 Å². The van der Waals surface area contributed by atoms with E-state index in [1.807, 2.05) is 30.3 Å². The normalized spacial score (nSPS) is 28.8. The highest BCUT2D eigenvalue weighted by atomic mass is 31.2. The maximum atomic E-state index is 15.6. The van der Waals surface area contributed by atoms with Crippen molar-refractivity contribution in [1.29, 1.82) is 0 Å². The summed E-state index contributed by atoms with van der Waals surface area (Å²) in [5.41, 5.74) is 2.02. The fourth-order valence-corrected chi connectivity index (χ4v) is 10.1. The molecule has 3 aromatic rings. The molecule has 0 amide bonds. The van der Waals surface area contributed by atoms with Gasteiger partial charge in [-0.1, -0.05) is 91.0 Å². The van der Waals surface area contributed by atoms with Gasteiger partial charge >= 0.3 is 0 Å². The van der Waals surface area contributed by atoms with Crippen LogP contribution in [-0.2, 0) is 14.5 Å². The van der Waals surface area contributed by atoms with Gasteiger partial charge in [0.1, 0.15) is 13.7 Å². The fraction of sp³-hybridized carbons (Fsp3) is 0.321. The van der Waals surface area contributed by atoms with E-state index in [4.69, 9.17) is 9.73 Å². The van der Waals surface area contributed by atoms with E-state index < -0.39 is 12.3 Å². The molecule has 3 atom stereocenters. The summed E-state index contributed by atoms with van der Waals surface area (Å²) in [5.74, 6) is 0.740. The number of benzene rings is 3. The van der Waals surface area contributed by atoms with Gasteiger partial charge in [-0.3, -0.25) is 0 Å². The zero-order valence-corrected chi connectivity index (χ0v) is 19.7. The van der Waals surface area contributed by atoms with Gasteiger partial charge in [-0.25, -0.2) is 4.99 Å². The van der Waals surface area contributed by atoms with Gasteiger partial charge in [-0.05, 0) is 37.8 Å². The van der Waals surface area contributed by atoms with Crippen molar-refractivity contribution in [2.75, 3.05) is 6.61 Å². The van der Waals surface area contributed by atoms with Crippen molar-refractivity contribution in [3.05, 3.63) is 102 Å². The smallest absolute Gasteiger partial charge is 0.185 e. The van der Waals surface area contributed by atoms with Gasteiger partial charge in [0, 0.05) is 17.4 Å². The van der Waals surface area contributed by atoms with E-state index in [9.17, 15) is 0 Å². The first kappa shape index (κ1) is 21.2. The Bertz CT molecular complexity index is 1160. The lowest BCUT2D eigenvalue weighted by molar-refractivity contribution is 0.270. The second-order valence-corrected chi connectivity index (χ2v) is 13.0. The Morgan fingerprint density at radius 2 is 1.50 bits per heavy atom. The Labute approximate surface area is 190 Å². The molecule has 164 valence electrons. The maximum absolute atomic E-state index is 15.6. The molecule has 0 N–H and O–H groups in total. The van der Waals surface area contributed by atoms with Crippen LogP contribution in [0.2, 0.25) is 0 Å². The Balaban J connectivity index is 1.74. The molecular formula is C28H30NO2P. The van der Waals surface area contributed by atoms with Gasteiger partial charge in [0.15, 0.2) is 5.90 Å². The predicted molar refractivity (Wildman–Crippen MR) is 132 cm³/mol. The molecule has 3 nitrogen and oxygen atoms in total. The summed E-state index contributed by atoms with van der Waals surface area (Å²) >= 11 is 0. The number of ether oxygens (including phenoxy) is 1. The Morgan fingerprint density at radius 1 is 0.906 bits per heavy atom. The average Bonchev–Trinajstić information content (AvgIpc) is 3.33. The molecule has 1 fully saturated rings. The minimum atomic E-state index is -2.97. The topological polar surface area (TPSA) is 38.7 Å². The lowest BCUT2D eigenvalue weighted by Crippen LogP contribution is -2.31. The molecule has 1 unspecified atom stereocenters. The van der Waals surface area contributed by atoms with Crippen LogP contribution in [0.15, 0.2) is 96.0 Å². The third-order valence-corrected chi connectivity index (χ3v) is 11.4. The molecule has 3 aromatic carbocycles. The molecule has 0 aliphatic carbocycles. The molecule has 0 aromatic heterocycles. The number of rotatable bonds is 5. The molecule has 2 aliphatic rings. The molecule has 0 spiro atoms. The predicted octanol–water partition coefficient (Wildman–Crippen LogP) is 6.70. The van der Waals surface area contributed by atoms with Gasteiger partial charge in [0.25, 0.3) is 0 Å². The zero-order chi connectivity index (χ0) is 22.2. The molecular weight excluding hydrogens is 413 g/mol. The Kier molecular flexibility index (Phi) is 5.34. The number of nitrogens with zero attached hydrogens (tertiary/aromatic N) is 1. The zero-order valence-electron chi connectivity index (χ0n) is 18.8. The lowest BCUT2D eigenvalue weighted by Gasteiger charge is -2.38. The van der Waals surface area contributed by atoms with Crippen LogP contribution in [0.25, 0.3) is 0 Å². The second kappa shape index (κ2) is 8.05. The van der Waals surface area contributed by atoms with E-state index in [-0.39, 0.29) is 11.2 Å². The van der Waals surface area contributed by atoms with Crippen molar-refractivity contribution in [2.24, 2.45) is 4.99 Å². The first-order chi connectivity index (χ1) is 15.4. The van der Waals surface area contributed by atoms with Crippen molar-refractivity contribution in [1.82, 2.24) is 0 Å². The van der Waals surface area contributed by atoms with Gasteiger partial charge in [-0.2, -0.15) is 0 Å². The van der Waals surface area contributed by atoms with Crippen molar-refractivity contribution in [3.63, 3.8) is 0 Å².